The van der Waals surface area contributed by atoms with E-state index in [1.54, 1.807) is 18.2 Å². The number of ether oxygens (including phenoxy) is 1. The largest absolute Gasteiger partial charge is 0.487 e. The molecule has 4 nitrogen and oxygen atoms in total. The van der Waals surface area contributed by atoms with Gasteiger partial charge in [-0.3, -0.25) is 4.79 Å². The molecule has 1 aromatic carbocycles. The number of nitrogens with two attached hydrogens (primary N) is 1. The highest BCUT2D eigenvalue weighted by molar-refractivity contribution is 5.95. The third kappa shape index (κ3) is 5.04. The van der Waals surface area contributed by atoms with E-state index in [1.807, 2.05) is 27.7 Å². The molecule has 0 saturated heterocycles. The average Bonchev–Trinajstić information content (AvgIpc) is 2.25. The van der Waals surface area contributed by atoms with Gasteiger partial charge in [-0.2, -0.15) is 0 Å². The topological polar surface area (TPSA) is 64.3 Å². The monoisotopic (exact) mass is 262 g/mol. The van der Waals surface area contributed by atoms with E-state index in [0.717, 1.165) is 5.57 Å². The molecule has 0 radical (unpaired) electrons. The Kier molecular flexibility index (Phi) is 4.59. The molecule has 0 aliphatic heterocycles. The van der Waals surface area contributed by atoms with Crippen molar-refractivity contribution in [2.75, 3.05) is 12.3 Å². The first-order valence-electron chi connectivity index (χ1n) is 6.18. The van der Waals surface area contributed by atoms with Crippen LogP contribution in [0.2, 0.25) is 0 Å². The van der Waals surface area contributed by atoms with Crippen LogP contribution in [0.5, 0.6) is 5.75 Å². The lowest BCUT2D eigenvalue weighted by Gasteiger charge is -2.20. The second kappa shape index (κ2) is 5.78. The highest BCUT2D eigenvalue weighted by Gasteiger charge is 2.16. The van der Waals surface area contributed by atoms with Gasteiger partial charge in [0.25, 0.3) is 5.91 Å². The fourth-order valence-corrected chi connectivity index (χ4v) is 1.41. The number of anilines is 1. The van der Waals surface area contributed by atoms with Crippen LogP contribution in [0, 0.1) is 0 Å². The molecule has 0 unspecified atom stereocenters. The van der Waals surface area contributed by atoms with Gasteiger partial charge in [0.05, 0.1) is 5.69 Å². The lowest BCUT2D eigenvalue weighted by Crippen LogP contribution is -2.40. The molecule has 0 aliphatic rings. The Bertz CT molecular complexity index is 487. The highest BCUT2D eigenvalue weighted by Crippen LogP contribution is 2.23. The van der Waals surface area contributed by atoms with Crippen molar-refractivity contribution in [2.45, 2.75) is 33.2 Å². The molecule has 19 heavy (non-hydrogen) atoms. The molecule has 1 rings (SSSR count). The predicted molar refractivity (Wildman–Crippen MR) is 78.4 cm³/mol. The SMILES string of the molecule is C=C(C)COc1cc(C(=O)NC(C)(C)C)ccc1N. The molecule has 0 aliphatic carbocycles. The van der Waals surface area contributed by atoms with E-state index in [4.69, 9.17) is 10.5 Å². The smallest absolute Gasteiger partial charge is 0.251 e. The van der Waals surface area contributed by atoms with Crippen molar-refractivity contribution in [3.63, 3.8) is 0 Å². The Hall–Kier alpha value is -1.97. The minimum Gasteiger partial charge on any atom is -0.487 e. The summed E-state index contributed by atoms with van der Waals surface area (Å²) >= 11 is 0. The zero-order valence-corrected chi connectivity index (χ0v) is 12.0. The Labute approximate surface area is 114 Å². The van der Waals surface area contributed by atoms with Crippen LogP contribution >= 0.6 is 0 Å². The zero-order chi connectivity index (χ0) is 14.6. The number of carbonyl (C=O) groups is 1. The van der Waals surface area contributed by atoms with E-state index in [0.29, 0.717) is 23.6 Å². The van der Waals surface area contributed by atoms with Gasteiger partial charge in [0.15, 0.2) is 0 Å². The van der Waals surface area contributed by atoms with Crippen LogP contribution in [-0.4, -0.2) is 18.1 Å². The Morgan fingerprint density at radius 3 is 2.58 bits per heavy atom. The van der Waals surface area contributed by atoms with E-state index in [1.165, 1.54) is 0 Å². The van der Waals surface area contributed by atoms with Crippen LogP contribution in [0.15, 0.2) is 30.4 Å². The fourth-order valence-electron chi connectivity index (χ4n) is 1.41. The van der Waals surface area contributed by atoms with Gasteiger partial charge in [-0.1, -0.05) is 6.58 Å². The van der Waals surface area contributed by atoms with Gasteiger partial charge in [0.2, 0.25) is 0 Å². The number of benzene rings is 1. The number of nitrogens with one attached hydrogen (secondary N) is 1. The van der Waals surface area contributed by atoms with E-state index in [9.17, 15) is 4.79 Å². The molecule has 0 saturated carbocycles. The normalized spacial score (nSPS) is 10.9. The summed E-state index contributed by atoms with van der Waals surface area (Å²) in [6.07, 6.45) is 0. The molecular formula is C15H22N2O2. The van der Waals surface area contributed by atoms with Crippen LogP contribution in [0.4, 0.5) is 5.69 Å². The minimum atomic E-state index is -0.281. The second-order valence-corrected chi connectivity index (χ2v) is 5.70. The molecule has 0 fully saturated rings. The van der Waals surface area contributed by atoms with Crippen LogP contribution in [0.25, 0.3) is 0 Å². The fraction of sp³-hybridized carbons (Fsp3) is 0.400. The van der Waals surface area contributed by atoms with E-state index in [2.05, 4.69) is 11.9 Å². The first kappa shape index (κ1) is 15.1. The van der Waals surface area contributed by atoms with Crippen molar-refractivity contribution >= 4 is 11.6 Å². The molecule has 1 aromatic rings. The molecule has 3 N–H and O–H groups in total. The van der Waals surface area contributed by atoms with Crippen molar-refractivity contribution in [1.82, 2.24) is 5.32 Å². The number of nitrogen functional groups attached to an aromatic ring is 1. The van der Waals surface area contributed by atoms with E-state index < -0.39 is 0 Å². The number of amides is 1. The Morgan fingerprint density at radius 1 is 1.42 bits per heavy atom. The van der Waals surface area contributed by atoms with Gasteiger partial charge in [0, 0.05) is 11.1 Å². The summed E-state index contributed by atoms with van der Waals surface area (Å²) in [5.74, 6) is 0.359. The Morgan fingerprint density at radius 2 is 2.05 bits per heavy atom. The maximum absolute atomic E-state index is 12.0. The van der Waals surface area contributed by atoms with Crippen LogP contribution in [0.1, 0.15) is 38.1 Å². The molecule has 0 bridgehead atoms. The Balaban J connectivity index is 2.89. The van der Waals surface area contributed by atoms with Gasteiger partial charge >= 0.3 is 0 Å². The lowest BCUT2D eigenvalue weighted by molar-refractivity contribution is 0.0919. The number of hydrogen-bond donors (Lipinski definition) is 2. The van der Waals surface area contributed by atoms with Crippen molar-refractivity contribution in [3.8, 4) is 5.75 Å². The van der Waals surface area contributed by atoms with Crippen molar-refractivity contribution in [3.05, 3.63) is 35.9 Å². The molecular weight excluding hydrogens is 240 g/mol. The van der Waals surface area contributed by atoms with Gasteiger partial charge in [-0.25, -0.2) is 0 Å². The summed E-state index contributed by atoms with van der Waals surface area (Å²) < 4.78 is 5.51. The molecule has 0 aromatic heterocycles. The van der Waals surface area contributed by atoms with Crippen molar-refractivity contribution in [1.29, 1.82) is 0 Å². The summed E-state index contributed by atoms with van der Waals surface area (Å²) in [6.45, 7) is 11.8. The number of rotatable bonds is 4. The van der Waals surface area contributed by atoms with E-state index in [-0.39, 0.29) is 11.4 Å². The van der Waals surface area contributed by atoms with Crippen molar-refractivity contribution < 1.29 is 9.53 Å². The molecule has 0 atom stereocenters. The summed E-state index contributed by atoms with van der Waals surface area (Å²) in [5.41, 5.74) is 7.47. The highest BCUT2D eigenvalue weighted by atomic mass is 16.5. The van der Waals surface area contributed by atoms with Gasteiger partial charge in [-0.15, -0.1) is 0 Å². The van der Waals surface area contributed by atoms with Crippen molar-refractivity contribution in [2.24, 2.45) is 0 Å². The predicted octanol–water partition coefficient (Wildman–Crippen LogP) is 2.75. The third-order valence-corrected chi connectivity index (χ3v) is 2.24. The molecule has 104 valence electrons. The standard InChI is InChI=1S/C15H22N2O2/c1-10(2)9-19-13-8-11(6-7-12(13)16)14(18)17-15(3,4)5/h6-8H,1,9,16H2,2-5H3,(H,17,18). The van der Waals surface area contributed by atoms with Crippen LogP contribution in [0.3, 0.4) is 0 Å². The third-order valence-electron chi connectivity index (χ3n) is 2.24. The van der Waals surface area contributed by atoms with Gasteiger partial charge < -0.3 is 15.8 Å². The summed E-state index contributed by atoms with van der Waals surface area (Å²) in [4.78, 5) is 12.0. The number of hydrogen-bond acceptors (Lipinski definition) is 3. The maximum Gasteiger partial charge on any atom is 0.251 e. The number of carbonyl (C=O) groups excluding carboxylic acids is 1. The molecule has 0 heterocycles. The van der Waals surface area contributed by atoms with Crippen LogP contribution in [-0.2, 0) is 0 Å². The van der Waals surface area contributed by atoms with Gasteiger partial charge in [0.1, 0.15) is 12.4 Å². The maximum atomic E-state index is 12.0. The lowest BCUT2D eigenvalue weighted by atomic mass is 10.1. The van der Waals surface area contributed by atoms with Gasteiger partial charge in [-0.05, 0) is 51.5 Å². The quantitative estimate of drug-likeness (QED) is 0.647. The summed E-state index contributed by atoms with van der Waals surface area (Å²) in [7, 11) is 0. The summed E-state index contributed by atoms with van der Waals surface area (Å²) in [5, 5.41) is 2.89. The summed E-state index contributed by atoms with van der Waals surface area (Å²) in [6, 6.07) is 5.01. The molecule has 0 spiro atoms. The average molecular weight is 262 g/mol. The molecule has 1 amide bonds. The zero-order valence-electron chi connectivity index (χ0n) is 12.0. The second-order valence-electron chi connectivity index (χ2n) is 5.70. The first-order chi connectivity index (χ1) is 8.69. The first-order valence-corrected chi connectivity index (χ1v) is 6.18. The van der Waals surface area contributed by atoms with Crippen LogP contribution < -0.4 is 15.8 Å². The minimum absolute atomic E-state index is 0.146. The van der Waals surface area contributed by atoms with E-state index >= 15 is 0 Å². The molecule has 4 heteroatoms.